The topological polar surface area (TPSA) is 38.3 Å². The maximum atomic E-state index is 11.8. The third kappa shape index (κ3) is 4.80. The van der Waals surface area contributed by atoms with Gasteiger partial charge >= 0.3 is 0 Å². The fourth-order valence-electron chi connectivity index (χ4n) is 2.00. The lowest BCUT2D eigenvalue weighted by Gasteiger charge is -2.04. The smallest absolute Gasteiger partial charge is 0.244 e. The van der Waals surface area contributed by atoms with Crippen LogP contribution in [0.15, 0.2) is 60.7 Å². The van der Waals surface area contributed by atoms with Crippen molar-refractivity contribution in [3.05, 3.63) is 71.8 Å². The largest absolute Gasteiger partial charge is 0.496 e. The molecule has 3 nitrogen and oxygen atoms in total. The molecule has 2 aromatic rings. The van der Waals surface area contributed by atoms with Crippen molar-refractivity contribution in [2.45, 2.75) is 6.42 Å². The maximum Gasteiger partial charge on any atom is 0.244 e. The molecule has 0 aliphatic heterocycles. The highest BCUT2D eigenvalue weighted by atomic mass is 16.5. The zero-order valence-electron chi connectivity index (χ0n) is 12.1. The Kier molecular flexibility index (Phi) is 5.59. The van der Waals surface area contributed by atoms with Crippen molar-refractivity contribution in [2.75, 3.05) is 13.7 Å². The van der Waals surface area contributed by atoms with E-state index in [1.165, 1.54) is 11.6 Å². The number of hydrogen-bond donors (Lipinski definition) is 1. The lowest BCUT2D eigenvalue weighted by Crippen LogP contribution is -2.23. The van der Waals surface area contributed by atoms with Crippen molar-refractivity contribution in [1.82, 2.24) is 5.32 Å². The van der Waals surface area contributed by atoms with Crippen molar-refractivity contribution in [2.24, 2.45) is 0 Å². The van der Waals surface area contributed by atoms with Gasteiger partial charge in [0.05, 0.1) is 7.11 Å². The number of ether oxygens (including phenoxy) is 1. The Bertz CT molecular complexity index is 606. The number of amides is 1. The van der Waals surface area contributed by atoms with Crippen molar-refractivity contribution >= 4 is 12.0 Å². The minimum atomic E-state index is -0.100. The molecule has 0 saturated heterocycles. The van der Waals surface area contributed by atoms with E-state index < -0.39 is 0 Å². The second kappa shape index (κ2) is 7.90. The fourth-order valence-corrected chi connectivity index (χ4v) is 2.00. The second-order valence-corrected chi connectivity index (χ2v) is 4.60. The SMILES string of the molecule is COc1ccccc1/C=C/C(=O)NCCc1ccccc1. The first kappa shape index (κ1) is 14.9. The van der Waals surface area contributed by atoms with E-state index in [0.29, 0.717) is 6.54 Å². The molecule has 21 heavy (non-hydrogen) atoms. The summed E-state index contributed by atoms with van der Waals surface area (Å²) in [5.74, 6) is 0.655. The third-order valence-electron chi connectivity index (χ3n) is 3.11. The van der Waals surface area contributed by atoms with E-state index >= 15 is 0 Å². The summed E-state index contributed by atoms with van der Waals surface area (Å²) >= 11 is 0. The maximum absolute atomic E-state index is 11.8. The number of methoxy groups -OCH3 is 1. The molecule has 0 radical (unpaired) electrons. The molecule has 0 aromatic heterocycles. The monoisotopic (exact) mass is 281 g/mol. The van der Waals surface area contributed by atoms with Crippen LogP contribution in [-0.2, 0) is 11.2 Å². The lowest BCUT2D eigenvalue weighted by atomic mass is 10.1. The van der Waals surface area contributed by atoms with Gasteiger partial charge in [-0.1, -0.05) is 48.5 Å². The molecule has 1 amide bonds. The molecule has 0 fully saturated rings. The van der Waals surface area contributed by atoms with Gasteiger partial charge in [-0.3, -0.25) is 4.79 Å². The van der Waals surface area contributed by atoms with E-state index in [1.807, 2.05) is 42.5 Å². The van der Waals surface area contributed by atoms with Crippen LogP contribution in [0.1, 0.15) is 11.1 Å². The standard InChI is InChI=1S/C18H19NO2/c1-21-17-10-6-5-9-16(17)11-12-18(20)19-14-13-15-7-3-2-4-8-15/h2-12H,13-14H2,1H3,(H,19,20)/b12-11+. The van der Waals surface area contributed by atoms with Gasteiger partial charge in [0, 0.05) is 18.2 Å². The zero-order chi connectivity index (χ0) is 14.9. The number of carbonyl (C=O) groups excluding carboxylic acids is 1. The number of carbonyl (C=O) groups is 1. The molecular formula is C18H19NO2. The molecule has 0 spiro atoms. The van der Waals surface area contributed by atoms with Crippen molar-refractivity contribution in [1.29, 1.82) is 0 Å². The van der Waals surface area contributed by atoms with Gasteiger partial charge in [-0.2, -0.15) is 0 Å². The minimum absolute atomic E-state index is 0.100. The molecule has 108 valence electrons. The molecule has 0 saturated carbocycles. The van der Waals surface area contributed by atoms with Crippen molar-refractivity contribution in [3.8, 4) is 5.75 Å². The lowest BCUT2D eigenvalue weighted by molar-refractivity contribution is -0.116. The van der Waals surface area contributed by atoms with Gasteiger partial charge in [0.15, 0.2) is 0 Å². The van der Waals surface area contributed by atoms with Gasteiger partial charge in [0.2, 0.25) is 5.91 Å². The van der Waals surface area contributed by atoms with Crippen molar-refractivity contribution < 1.29 is 9.53 Å². The minimum Gasteiger partial charge on any atom is -0.496 e. The van der Waals surface area contributed by atoms with E-state index in [4.69, 9.17) is 4.74 Å². The molecule has 3 heteroatoms. The van der Waals surface area contributed by atoms with Crippen LogP contribution in [0.25, 0.3) is 6.08 Å². The van der Waals surface area contributed by atoms with Crippen LogP contribution in [0.3, 0.4) is 0 Å². The van der Waals surface area contributed by atoms with Gasteiger partial charge in [-0.25, -0.2) is 0 Å². The summed E-state index contributed by atoms with van der Waals surface area (Å²) in [7, 11) is 1.62. The van der Waals surface area contributed by atoms with Crippen LogP contribution in [-0.4, -0.2) is 19.6 Å². The van der Waals surface area contributed by atoms with Crippen LogP contribution in [0.2, 0.25) is 0 Å². The summed E-state index contributed by atoms with van der Waals surface area (Å²) in [6, 6.07) is 17.7. The fraction of sp³-hybridized carbons (Fsp3) is 0.167. The van der Waals surface area contributed by atoms with Crippen LogP contribution >= 0.6 is 0 Å². The van der Waals surface area contributed by atoms with Gasteiger partial charge in [-0.15, -0.1) is 0 Å². The molecule has 0 unspecified atom stereocenters. The predicted octanol–water partition coefficient (Wildman–Crippen LogP) is 3.07. The van der Waals surface area contributed by atoms with Gasteiger partial charge in [0.1, 0.15) is 5.75 Å². The average molecular weight is 281 g/mol. The Labute approximate surface area is 125 Å². The summed E-state index contributed by atoms with van der Waals surface area (Å²) in [6.07, 6.45) is 4.12. The Morgan fingerprint density at radius 2 is 1.81 bits per heavy atom. The zero-order valence-corrected chi connectivity index (χ0v) is 12.1. The number of nitrogens with one attached hydrogen (secondary N) is 1. The van der Waals surface area contributed by atoms with E-state index in [2.05, 4.69) is 17.4 Å². The Hall–Kier alpha value is -2.55. The second-order valence-electron chi connectivity index (χ2n) is 4.60. The van der Waals surface area contributed by atoms with Crippen LogP contribution in [0.5, 0.6) is 5.75 Å². The Balaban J connectivity index is 1.83. The molecule has 2 aromatic carbocycles. The number of rotatable bonds is 6. The van der Waals surface area contributed by atoms with E-state index in [1.54, 1.807) is 13.2 Å². The first-order valence-electron chi connectivity index (χ1n) is 6.92. The van der Waals surface area contributed by atoms with Crippen LogP contribution in [0, 0.1) is 0 Å². The molecule has 0 bridgehead atoms. The quantitative estimate of drug-likeness (QED) is 0.826. The molecule has 0 aliphatic rings. The number of hydrogen-bond acceptors (Lipinski definition) is 2. The van der Waals surface area contributed by atoms with Crippen molar-refractivity contribution in [3.63, 3.8) is 0 Å². The summed E-state index contributed by atoms with van der Waals surface area (Å²) in [6.45, 7) is 0.624. The summed E-state index contributed by atoms with van der Waals surface area (Å²) in [4.78, 5) is 11.8. The highest BCUT2D eigenvalue weighted by Crippen LogP contribution is 2.18. The van der Waals surface area contributed by atoms with Crippen LogP contribution < -0.4 is 10.1 Å². The Morgan fingerprint density at radius 3 is 2.57 bits per heavy atom. The first-order chi connectivity index (χ1) is 10.3. The molecule has 0 atom stereocenters. The van der Waals surface area contributed by atoms with E-state index in [9.17, 15) is 4.79 Å². The molecule has 1 N–H and O–H groups in total. The predicted molar refractivity (Wildman–Crippen MR) is 85.2 cm³/mol. The van der Waals surface area contributed by atoms with Gasteiger partial charge in [-0.05, 0) is 24.1 Å². The van der Waals surface area contributed by atoms with Gasteiger partial charge < -0.3 is 10.1 Å². The normalized spacial score (nSPS) is 10.5. The number of para-hydroxylation sites is 1. The Morgan fingerprint density at radius 1 is 1.10 bits per heavy atom. The highest BCUT2D eigenvalue weighted by Gasteiger charge is 1.99. The first-order valence-corrected chi connectivity index (χ1v) is 6.92. The molecule has 0 heterocycles. The summed E-state index contributed by atoms with van der Waals surface area (Å²) in [5, 5.41) is 2.87. The summed E-state index contributed by atoms with van der Waals surface area (Å²) in [5.41, 5.74) is 2.10. The van der Waals surface area contributed by atoms with Gasteiger partial charge in [0.25, 0.3) is 0 Å². The summed E-state index contributed by atoms with van der Waals surface area (Å²) < 4.78 is 5.23. The molecule has 2 rings (SSSR count). The number of benzene rings is 2. The highest BCUT2D eigenvalue weighted by molar-refractivity contribution is 5.92. The van der Waals surface area contributed by atoms with Crippen LogP contribution in [0.4, 0.5) is 0 Å². The molecular weight excluding hydrogens is 262 g/mol. The van der Waals surface area contributed by atoms with E-state index in [-0.39, 0.29) is 5.91 Å². The molecule has 0 aliphatic carbocycles. The van der Waals surface area contributed by atoms with E-state index in [0.717, 1.165) is 17.7 Å². The third-order valence-corrected chi connectivity index (χ3v) is 3.11. The average Bonchev–Trinajstić information content (AvgIpc) is 2.54.